The maximum atomic E-state index is 13.9. The fourth-order valence-electron chi connectivity index (χ4n) is 6.35. The van der Waals surface area contributed by atoms with Gasteiger partial charge in [-0.25, -0.2) is 0 Å². The molecule has 0 bridgehead atoms. The second-order valence-corrected chi connectivity index (χ2v) is 11.1. The fourth-order valence-corrected chi connectivity index (χ4v) is 6.35. The first-order valence-corrected chi connectivity index (χ1v) is 14.1. The Morgan fingerprint density at radius 3 is 2.36 bits per heavy atom. The number of rotatable bonds is 7. The number of fused-ring (bicyclic) bond motifs is 2. The van der Waals surface area contributed by atoms with Crippen LogP contribution in [-0.2, 0) is 13.2 Å². The van der Waals surface area contributed by atoms with Crippen molar-refractivity contribution >= 4 is 16.7 Å². The third-order valence-corrected chi connectivity index (χ3v) is 8.33. The van der Waals surface area contributed by atoms with Crippen LogP contribution in [-0.4, -0.2) is 32.9 Å². The Kier molecular flexibility index (Phi) is 6.94. The van der Waals surface area contributed by atoms with Crippen molar-refractivity contribution in [1.29, 1.82) is 0 Å². The molecule has 1 aromatic heterocycles. The molecule has 200 valence electrons. The Bertz CT molecular complexity index is 1550. The van der Waals surface area contributed by atoms with Crippen LogP contribution < -0.4 is 10.3 Å². The van der Waals surface area contributed by atoms with E-state index >= 15 is 0 Å². The fraction of sp³-hybridized carbons (Fsp3) is 0.364. The molecule has 6 heteroatoms. The highest BCUT2D eigenvalue weighted by molar-refractivity contribution is 5.96. The van der Waals surface area contributed by atoms with E-state index in [2.05, 4.69) is 36.4 Å². The van der Waals surface area contributed by atoms with E-state index in [0.717, 1.165) is 24.0 Å². The Morgan fingerprint density at radius 1 is 0.897 bits per heavy atom. The number of aromatic nitrogens is 2. The minimum atomic E-state index is -0.463. The summed E-state index contributed by atoms with van der Waals surface area (Å²) in [6.45, 7) is 5.38. The van der Waals surface area contributed by atoms with Crippen molar-refractivity contribution in [2.24, 2.45) is 5.92 Å². The van der Waals surface area contributed by atoms with Crippen LogP contribution in [0.2, 0.25) is 0 Å². The van der Waals surface area contributed by atoms with Crippen molar-refractivity contribution in [3.63, 3.8) is 0 Å². The number of benzene rings is 3. The number of carbonyl (C=O) groups excluding carboxylic acids is 1. The molecule has 6 rings (SSSR count). The van der Waals surface area contributed by atoms with Gasteiger partial charge in [-0.15, -0.1) is 0 Å². The monoisotopic (exact) mass is 521 g/mol. The summed E-state index contributed by atoms with van der Waals surface area (Å²) >= 11 is 0. The lowest BCUT2D eigenvalue weighted by Gasteiger charge is -2.36. The quantitative estimate of drug-likeness (QED) is 0.292. The SMILES string of the molecule is CC(C)N1CCn2c(C(c3ccc4ccccc4c3)C3CCCC3)nc(=O)c(OCc3ccccc3)c2C1=O. The maximum absolute atomic E-state index is 13.9. The first-order chi connectivity index (χ1) is 19.0. The van der Waals surface area contributed by atoms with Gasteiger partial charge in [0.2, 0.25) is 5.75 Å². The van der Waals surface area contributed by atoms with Gasteiger partial charge in [-0.3, -0.25) is 9.59 Å². The number of amides is 1. The van der Waals surface area contributed by atoms with E-state index in [1.807, 2.05) is 59.7 Å². The summed E-state index contributed by atoms with van der Waals surface area (Å²) in [5, 5.41) is 2.36. The zero-order valence-electron chi connectivity index (χ0n) is 22.7. The molecule has 6 nitrogen and oxygen atoms in total. The topological polar surface area (TPSA) is 64.4 Å². The minimum Gasteiger partial charge on any atom is -0.481 e. The van der Waals surface area contributed by atoms with Crippen LogP contribution in [0.4, 0.5) is 0 Å². The molecule has 4 aromatic rings. The summed E-state index contributed by atoms with van der Waals surface area (Å²) in [7, 11) is 0. The van der Waals surface area contributed by atoms with Crippen molar-refractivity contribution in [2.45, 2.75) is 64.6 Å². The molecule has 1 unspecified atom stereocenters. The Balaban J connectivity index is 1.51. The molecule has 39 heavy (non-hydrogen) atoms. The van der Waals surface area contributed by atoms with Gasteiger partial charge in [0.05, 0.1) is 0 Å². The summed E-state index contributed by atoms with van der Waals surface area (Å²) in [5.41, 5.74) is 1.96. The third-order valence-electron chi connectivity index (χ3n) is 8.33. The Morgan fingerprint density at radius 2 is 1.62 bits per heavy atom. The van der Waals surface area contributed by atoms with Crippen LogP contribution in [0.25, 0.3) is 10.8 Å². The highest BCUT2D eigenvalue weighted by Crippen LogP contribution is 2.42. The number of ether oxygens (including phenoxy) is 1. The zero-order chi connectivity index (χ0) is 26.9. The summed E-state index contributed by atoms with van der Waals surface area (Å²) in [5.74, 6) is 0.889. The summed E-state index contributed by atoms with van der Waals surface area (Å²) in [6.07, 6.45) is 4.51. The average Bonchev–Trinajstić information content (AvgIpc) is 3.48. The molecule has 0 saturated heterocycles. The maximum Gasteiger partial charge on any atom is 0.316 e. The number of carbonyl (C=O) groups is 1. The highest BCUT2D eigenvalue weighted by atomic mass is 16.5. The molecule has 0 radical (unpaired) electrons. The van der Waals surface area contributed by atoms with E-state index in [1.54, 1.807) is 0 Å². The largest absolute Gasteiger partial charge is 0.481 e. The van der Waals surface area contributed by atoms with Gasteiger partial charge in [0, 0.05) is 25.0 Å². The Hall–Kier alpha value is -3.93. The Labute approximate surface area is 229 Å². The van der Waals surface area contributed by atoms with Crippen LogP contribution >= 0.6 is 0 Å². The molecule has 1 aliphatic carbocycles. The summed E-state index contributed by atoms with van der Waals surface area (Å²) in [6, 6.07) is 24.6. The molecule has 1 aliphatic heterocycles. The molecule has 2 heterocycles. The number of hydrogen-bond acceptors (Lipinski definition) is 4. The van der Waals surface area contributed by atoms with E-state index in [1.165, 1.54) is 23.6 Å². The number of hydrogen-bond donors (Lipinski definition) is 0. The highest BCUT2D eigenvalue weighted by Gasteiger charge is 2.38. The van der Waals surface area contributed by atoms with Gasteiger partial charge in [0.1, 0.15) is 12.4 Å². The number of nitrogens with zero attached hydrogens (tertiary/aromatic N) is 3. The predicted octanol–water partition coefficient (Wildman–Crippen LogP) is 6.16. The zero-order valence-corrected chi connectivity index (χ0v) is 22.7. The van der Waals surface area contributed by atoms with Crippen LogP contribution in [0, 0.1) is 5.92 Å². The van der Waals surface area contributed by atoms with Gasteiger partial charge in [-0.2, -0.15) is 4.98 Å². The first-order valence-electron chi connectivity index (χ1n) is 14.1. The van der Waals surface area contributed by atoms with Gasteiger partial charge in [-0.1, -0.05) is 85.6 Å². The third kappa shape index (κ3) is 4.84. The van der Waals surface area contributed by atoms with Crippen LogP contribution in [0.15, 0.2) is 77.6 Å². The van der Waals surface area contributed by atoms with Gasteiger partial charge >= 0.3 is 5.56 Å². The van der Waals surface area contributed by atoms with E-state index < -0.39 is 5.56 Å². The van der Waals surface area contributed by atoms with Crippen LogP contribution in [0.3, 0.4) is 0 Å². The molecule has 1 saturated carbocycles. The molecular formula is C33H35N3O3. The lowest BCUT2D eigenvalue weighted by Crippen LogP contribution is -2.47. The second kappa shape index (κ2) is 10.7. The van der Waals surface area contributed by atoms with Crippen molar-refractivity contribution < 1.29 is 9.53 Å². The minimum absolute atomic E-state index is 0.0195. The lowest BCUT2D eigenvalue weighted by atomic mass is 9.83. The van der Waals surface area contributed by atoms with Crippen molar-refractivity contribution in [3.05, 3.63) is 106 Å². The molecule has 3 aromatic carbocycles. The van der Waals surface area contributed by atoms with Crippen LogP contribution in [0.5, 0.6) is 5.75 Å². The summed E-state index contributed by atoms with van der Waals surface area (Å²) < 4.78 is 8.10. The van der Waals surface area contributed by atoms with E-state index in [4.69, 9.17) is 9.72 Å². The smallest absolute Gasteiger partial charge is 0.316 e. The lowest BCUT2D eigenvalue weighted by molar-refractivity contribution is 0.0633. The first kappa shape index (κ1) is 25.4. The van der Waals surface area contributed by atoms with E-state index in [9.17, 15) is 9.59 Å². The van der Waals surface area contributed by atoms with Gasteiger partial charge in [0.25, 0.3) is 5.91 Å². The van der Waals surface area contributed by atoms with Crippen molar-refractivity contribution in [1.82, 2.24) is 14.5 Å². The van der Waals surface area contributed by atoms with Gasteiger partial charge < -0.3 is 14.2 Å². The molecule has 1 amide bonds. The van der Waals surface area contributed by atoms with Crippen molar-refractivity contribution in [2.75, 3.05) is 6.54 Å². The van der Waals surface area contributed by atoms with E-state index in [0.29, 0.717) is 30.5 Å². The molecular weight excluding hydrogens is 486 g/mol. The van der Waals surface area contributed by atoms with E-state index in [-0.39, 0.29) is 30.2 Å². The summed E-state index contributed by atoms with van der Waals surface area (Å²) in [4.78, 5) is 34.2. The van der Waals surface area contributed by atoms with Crippen LogP contribution in [0.1, 0.15) is 72.9 Å². The molecule has 1 atom stereocenters. The normalized spacial score (nSPS) is 16.6. The molecule has 0 spiro atoms. The predicted molar refractivity (Wildman–Crippen MR) is 153 cm³/mol. The van der Waals surface area contributed by atoms with Gasteiger partial charge in [-0.05, 0) is 54.5 Å². The van der Waals surface area contributed by atoms with Crippen molar-refractivity contribution in [3.8, 4) is 5.75 Å². The molecule has 2 aliphatic rings. The second-order valence-electron chi connectivity index (χ2n) is 11.1. The molecule has 1 fully saturated rings. The van der Waals surface area contributed by atoms with Gasteiger partial charge in [0.15, 0.2) is 5.69 Å². The molecule has 0 N–H and O–H groups in total. The average molecular weight is 522 g/mol. The standard InChI is InChI=1S/C33H35N3O3/c1-22(2)35-18-19-36-29(33(35)38)30(39-21-23-10-4-3-5-11-23)32(37)34-31(36)28(25-13-7-8-14-25)27-17-16-24-12-6-9-15-26(24)20-27/h3-6,9-12,15-17,20,22,25,28H,7-8,13-14,18-19,21H2,1-2H3.